The van der Waals surface area contributed by atoms with E-state index in [1.807, 2.05) is 0 Å². The third-order valence-electron chi connectivity index (χ3n) is 1.90. The van der Waals surface area contributed by atoms with Gasteiger partial charge in [-0.2, -0.15) is 13.2 Å². The van der Waals surface area contributed by atoms with E-state index in [4.69, 9.17) is 0 Å². The molecule has 0 bridgehead atoms. The maximum atomic E-state index is 12.9. The quantitative estimate of drug-likeness (QED) is 0.598. The topological polar surface area (TPSA) is 17.1 Å². The molecule has 0 aliphatic heterocycles. The first-order valence-electron chi connectivity index (χ1n) is 4.24. The van der Waals surface area contributed by atoms with Crippen molar-refractivity contribution in [3.8, 4) is 0 Å². The van der Waals surface area contributed by atoms with Crippen LogP contribution in [0.25, 0.3) is 0 Å². The van der Waals surface area contributed by atoms with Gasteiger partial charge in [0.25, 0.3) is 0 Å². The van der Waals surface area contributed by atoms with Crippen LogP contribution in [0.15, 0.2) is 18.2 Å². The molecular weight excluding hydrogens is 292 g/mol. The summed E-state index contributed by atoms with van der Waals surface area (Å²) in [6, 6.07) is 2.04. The lowest BCUT2D eigenvalue weighted by molar-refractivity contribution is -0.137. The molecule has 0 aromatic heterocycles. The van der Waals surface area contributed by atoms with E-state index < -0.39 is 28.2 Å². The Morgan fingerprint density at radius 2 is 1.88 bits per heavy atom. The normalized spacial score (nSPS) is 13.6. The van der Waals surface area contributed by atoms with Crippen LogP contribution in [0.3, 0.4) is 0 Å². The zero-order valence-electron chi connectivity index (χ0n) is 8.11. The Balaban J connectivity index is 3.23. The summed E-state index contributed by atoms with van der Waals surface area (Å²) in [7, 11) is 0. The van der Waals surface area contributed by atoms with Crippen molar-refractivity contribution >= 4 is 21.7 Å². The summed E-state index contributed by atoms with van der Waals surface area (Å²) in [4.78, 5) is 10.0. The highest BCUT2D eigenvalue weighted by Crippen LogP contribution is 2.33. The van der Waals surface area contributed by atoms with Crippen molar-refractivity contribution in [2.24, 2.45) is 0 Å². The maximum Gasteiger partial charge on any atom is 0.416 e. The van der Waals surface area contributed by atoms with Gasteiger partial charge < -0.3 is 0 Å². The van der Waals surface area contributed by atoms with E-state index in [0.717, 1.165) is 12.1 Å². The molecule has 0 fully saturated rings. The number of carbonyl (C=O) groups excluding carboxylic acids is 1. The molecule has 1 rings (SSSR count). The van der Waals surface area contributed by atoms with E-state index in [0.29, 0.717) is 6.07 Å². The molecule has 0 saturated heterocycles. The number of alkyl halides is 4. The van der Waals surface area contributed by atoms with Crippen LogP contribution in [0.4, 0.5) is 17.6 Å². The van der Waals surface area contributed by atoms with Crippen molar-refractivity contribution in [3.63, 3.8) is 0 Å². The van der Waals surface area contributed by atoms with Crippen molar-refractivity contribution in [1.82, 2.24) is 0 Å². The Bertz CT molecular complexity index is 414. The van der Waals surface area contributed by atoms with Crippen LogP contribution >= 0.6 is 15.9 Å². The first-order chi connectivity index (χ1) is 7.21. The van der Waals surface area contributed by atoms with Crippen molar-refractivity contribution in [2.45, 2.75) is 17.9 Å². The highest BCUT2D eigenvalue weighted by molar-refractivity contribution is 9.09. The molecule has 6 heteroatoms. The smallest absolute Gasteiger partial charge is 0.298 e. The molecule has 0 aliphatic carbocycles. The fraction of sp³-hybridized carbons (Fsp3) is 0.300. The molecule has 0 spiro atoms. The van der Waals surface area contributed by atoms with Crippen LogP contribution in [0.2, 0.25) is 0 Å². The number of Topliss-reactive ketones (excluding diaryl/α,β-unsaturated/α-hetero) is 1. The molecule has 1 nitrogen and oxygen atoms in total. The fourth-order valence-corrected chi connectivity index (χ4v) is 1.42. The Labute approximate surface area is 97.6 Å². The lowest BCUT2D eigenvalue weighted by Gasteiger charge is -2.11. The number of rotatable bonds is 2. The largest absolute Gasteiger partial charge is 0.416 e. The molecule has 1 unspecified atom stereocenters. The predicted molar refractivity (Wildman–Crippen MR) is 53.8 cm³/mol. The van der Waals surface area contributed by atoms with Crippen molar-refractivity contribution in [1.29, 1.82) is 0 Å². The number of hydrogen-bond acceptors (Lipinski definition) is 1. The highest BCUT2D eigenvalue weighted by Gasteiger charge is 2.32. The molecule has 0 radical (unpaired) electrons. The Hall–Kier alpha value is -0.910. The zero-order chi connectivity index (χ0) is 12.5. The summed E-state index contributed by atoms with van der Waals surface area (Å²) < 4.78 is 50.0. The van der Waals surface area contributed by atoms with Gasteiger partial charge >= 0.3 is 6.18 Å². The van der Waals surface area contributed by atoms with Crippen LogP contribution < -0.4 is 0 Å². The number of ketones is 1. The summed E-state index contributed by atoms with van der Waals surface area (Å²) >= 11 is 2.90. The lowest BCUT2D eigenvalue weighted by atomic mass is 10.1. The van der Waals surface area contributed by atoms with Gasteiger partial charge in [-0.3, -0.25) is 4.79 Å². The van der Waals surface area contributed by atoms with E-state index in [9.17, 15) is 22.4 Å². The van der Waals surface area contributed by atoms with E-state index in [1.54, 1.807) is 0 Å². The van der Waals surface area contributed by atoms with Crippen molar-refractivity contribution < 1.29 is 22.4 Å². The van der Waals surface area contributed by atoms with Crippen LogP contribution in [0.5, 0.6) is 0 Å². The second kappa shape index (κ2) is 4.53. The zero-order valence-corrected chi connectivity index (χ0v) is 9.69. The maximum absolute atomic E-state index is 12.9. The fourth-order valence-electron chi connectivity index (χ4n) is 1.16. The monoisotopic (exact) mass is 298 g/mol. The summed E-state index contributed by atoms with van der Waals surface area (Å²) in [5.41, 5.74) is -1.15. The minimum atomic E-state index is -4.62. The van der Waals surface area contributed by atoms with Crippen LogP contribution in [0, 0.1) is 5.82 Å². The third kappa shape index (κ3) is 3.04. The van der Waals surface area contributed by atoms with Gasteiger partial charge in [-0.15, -0.1) is 0 Å². The van der Waals surface area contributed by atoms with E-state index >= 15 is 0 Å². The van der Waals surface area contributed by atoms with Gasteiger partial charge in [0.2, 0.25) is 0 Å². The standard InChI is InChI=1S/C10H7BrF4O/c1-5(16)9(11)6-2-7(10(13,14)15)4-8(12)3-6/h2-4,9H,1H3. The summed E-state index contributed by atoms with van der Waals surface area (Å²) in [5.74, 6) is -1.41. The summed E-state index contributed by atoms with van der Waals surface area (Å²) in [6.45, 7) is 1.21. The van der Waals surface area contributed by atoms with Crippen LogP contribution in [-0.2, 0) is 11.0 Å². The molecule has 88 valence electrons. The Morgan fingerprint density at radius 1 is 1.31 bits per heavy atom. The second-order valence-corrected chi connectivity index (χ2v) is 4.16. The molecule has 0 heterocycles. The summed E-state index contributed by atoms with van der Waals surface area (Å²) in [5, 5.41) is 0. The first-order valence-corrected chi connectivity index (χ1v) is 5.15. The number of halogens is 5. The molecule has 0 saturated carbocycles. The third-order valence-corrected chi connectivity index (χ3v) is 3.07. The minimum absolute atomic E-state index is 0.0418. The number of carbonyl (C=O) groups is 1. The molecule has 1 aromatic rings. The van der Waals surface area contributed by atoms with E-state index in [-0.39, 0.29) is 5.56 Å². The van der Waals surface area contributed by atoms with Crippen molar-refractivity contribution in [3.05, 3.63) is 35.1 Å². The molecule has 16 heavy (non-hydrogen) atoms. The van der Waals surface area contributed by atoms with Crippen molar-refractivity contribution in [2.75, 3.05) is 0 Å². The van der Waals surface area contributed by atoms with Gasteiger partial charge in [-0.1, -0.05) is 15.9 Å². The first kappa shape index (κ1) is 13.2. The molecule has 0 N–H and O–H groups in total. The minimum Gasteiger partial charge on any atom is -0.298 e. The molecular formula is C10H7BrF4O. The van der Waals surface area contributed by atoms with Gasteiger partial charge in [0.15, 0.2) is 0 Å². The van der Waals surface area contributed by atoms with Gasteiger partial charge in [0.1, 0.15) is 11.6 Å². The second-order valence-electron chi connectivity index (χ2n) is 3.24. The molecule has 0 amide bonds. The Kier molecular flexibility index (Phi) is 3.72. The average Bonchev–Trinajstić information content (AvgIpc) is 2.14. The van der Waals surface area contributed by atoms with Gasteiger partial charge in [-0.05, 0) is 30.7 Å². The van der Waals surface area contributed by atoms with Crippen LogP contribution in [-0.4, -0.2) is 5.78 Å². The highest BCUT2D eigenvalue weighted by atomic mass is 79.9. The predicted octanol–water partition coefficient (Wildman–Crippen LogP) is 3.87. The van der Waals surface area contributed by atoms with E-state index in [2.05, 4.69) is 15.9 Å². The number of benzene rings is 1. The molecule has 0 aliphatic rings. The molecule has 1 aromatic carbocycles. The van der Waals surface area contributed by atoms with Gasteiger partial charge in [0, 0.05) is 0 Å². The van der Waals surface area contributed by atoms with E-state index in [1.165, 1.54) is 6.92 Å². The number of hydrogen-bond donors (Lipinski definition) is 0. The SMILES string of the molecule is CC(=O)C(Br)c1cc(F)cc(C(F)(F)F)c1. The lowest BCUT2D eigenvalue weighted by Crippen LogP contribution is -2.08. The Morgan fingerprint density at radius 3 is 2.31 bits per heavy atom. The average molecular weight is 299 g/mol. The van der Waals surface area contributed by atoms with Gasteiger partial charge in [0.05, 0.1) is 10.4 Å². The van der Waals surface area contributed by atoms with Gasteiger partial charge in [-0.25, -0.2) is 4.39 Å². The van der Waals surface area contributed by atoms with Crippen LogP contribution in [0.1, 0.15) is 22.9 Å². The molecule has 1 atom stereocenters. The summed E-state index contributed by atoms with van der Waals surface area (Å²) in [6.07, 6.45) is -4.62.